The largest absolute Gasteiger partial charge is 0.310 e. The van der Waals surface area contributed by atoms with Crippen molar-refractivity contribution in [3.05, 3.63) is 34.6 Å². The summed E-state index contributed by atoms with van der Waals surface area (Å²) in [6.07, 6.45) is 3.21. The number of benzene rings is 1. The fraction of sp³-hybridized carbons (Fsp3) is 0.647. The molecule has 0 radical (unpaired) electrons. The second-order valence-corrected chi connectivity index (χ2v) is 5.73. The van der Waals surface area contributed by atoms with Crippen molar-refractivity contribution in [2.45, 2.75) is 59.9 Å². The van der Waals surface area contributed by atoms with E-state index in [1.165, 1.54) is 0 Å². The molecule has 1 N–H and O–H groups in total. The van der Waals surface area contributed by atoms with Crippen LogP contribution in [0.3, 0.4) is 0 Å². The SMILES string of the molecule is CCCNC(CC(C)CC)c1c(C)cc(C)cc1F. The molecule has 2 atom stereocenters. The molecule has 0 aromatic heterocycles. The third-order valence-corrected chi connectivity index (χ3v) is 3.80. The van der Waals surface area contributed by atoms with Crippen LogP contribution >= 0.6 is 0 Å². The van der Waals surface area contributed by atoms with Crippen LogP contribution in [0.1, 0.15) is 62.8 Å². The molecule has 0 aliphatic heterocycles. The van der Waals surface area contributed by atoms with E-state index in [0.29, 0.717) is 5.92 Å². The third kappa shape index (κ3) is 4.61. The Balaban J connectivity index is 3.02. The molecule has 0 saturated heterocycles. The molecule has 0 aliphatic carbocycles. The quantitative estimate of drug-likeness (QED) is 0.738. The van der Waals surface area contributed by atoms with E-state index in [-0.39, 0.29) is 11.9 Å². The molecule has 0 heterocycles. The van der Waals surface area contributed by atoms with Gasteiger partial charge in [-0.15, -0.1) is 0 Å². The van der Waals surface area contributed by atoms with Crippen molar-refractivity contribution in [3.63, 3.8) is 0 Å². The molecule has 1 rings (SSSR count). The maximum Gasteiger partial charge on any atom is 0.128 e. The third-order valence-electron chi connectivity index (χ3n) is 3.80. The molecule has 1 aromatic carbocycles. The number of hydrogen-bond acceptors (Lipinski definition) is 1. The Morgan fingerprint density at radius 2 is 1.89 bits per heavy atom. The zero-order chi connectivity index (χ0) is 14.4. The molecule has 1 nitrogen and oxygen atoms in total. The first-order chi connectivity index (χ1) is 8.99. The van der Waals surface area contributed by atoms with Crippen molar-refractivity contribution in [3.8, 4) is 0 Å². The summed E-state index contributed by atoms with van der Waals surface area (Å²) >= 11 is 0. The van der Waals surface area contributed by atoms with Crippen molar-refractivity contribution >= 4 is 0 Å². The Bertz CT molecular complexity index is 377. The van der Waals surface area contributed by atoms with Crippen LogP contribution in [0.25, 0.3) is 0 Å². The molecule has 0 aliphatic rings. The van der Waals surface area contributed by atoms with Crippen LogP contribution < -0.4 is 5.32 Å². The number of rotatable bonds is 7. The first-order valence-corrected chi connectivity index (χ1v) is 7.49. The highest BCUT2D eigenvalue weighted by Gasteiger charge is 2.19. The van der Waals surface area contributed by atoms with Gasteiger partial charge in [-0.25, -0.2) is 4.39 Å². The van der Waals surface area contributed by atoms with Gasteiger partial charge in [-0.05, 0) is 56.3 Å². The predicted octanol–water partition coefficient (Wildman–Crippen LogP) is 4.92. The van der Waals surface area contributed by atoms with Crippen molar-refractivity contribution in [2.75, 3.05) is 6.54 Å². The van der Waals surface area contributed by atoms with Crippen molar-refractivity contribution in [1.82, 2.24) is 5.32 Å². The fourth-order valence-corrected chi connectivity index (χ4v) is 2.56. The average Bonchev–Trinajstić information content (AvgIpc) is 2.34. The maximum atomic E-state index is 14.3. The zero-order valence-electron chi connectivity index (χ0n) is 13.0. The lowest BCUT2D eigenvalue weighted by molar-refractivity contribution is 0.390. The van der Waals surface area contributed by atoms with E-state index in [2.05, 4.69) is 32.2 Å². The average molecular weight is 265 g/mol. The predicted molar refractivity (Wildman–Crippen MR) is 81.0 cm³/mol. The topological polar surface area (TPSA) is 12.0 Å². The van der Waals surface area contributed by atoms with Gasteiger partial charge in [0.25, 0.3) is 0 Å². The summed E-state index contributed by atoms with van der Waals surface area (Å²) < 4.78 is 14.3. The Kier molecular flexibility index (Phi) is 6.50. The van der Waals surface area contributed by atoms with Crippen LogP contribution in [0.15, 0.2) is 12.1 Å². The van der Waals surface area contributed by atoms with E-state index in [0.717, 1.165) is 42.5 Å². The van der Waals surface area contributed by atoms with Crippen molar-refractivity contribution in [2.24, 2.45) is 5.92 Å². The number of aryl methyl sites for hydroxylation is 2. The lowest BCUT2D eigenvalue weighted by Gasteiger charge is -2.24. The Morgan fingerprint density at radius 1 is 1.21 bits per heavy atom. The summed E-state index contributed by atoms with van der Waals surface area (Å²) in [5.74, 6) is 0.545. The Morgan fingerprint density at radius 3 is 2.42 bits per heavy atom. The van der Waals surface area contributed by atoms with E-state index >= 15 is 0 Å². The van der Waals surface area contributed by atoms with Crippen LogP contribution in [0.5, 0.6) is 0 Å². The Labute approximate surface area is 117 Å². The normalized spacial score (nSPS) is 14.4. The molecule has 1 aromatic rings. The minimum absolute atomic E-state index is 0.0607. The molecule has 0 bridgehead atoms. The second kappa shape index (κ2) is 7.64. The summed E-state index contributed by atoms with van der Waals surface area (Å²) in [5.41, 5.74) is 2.92. The summed E-state index contributed by atoms with van der Waals surface area (Å²) in [4.78, 5) is 0. The second-order valence-electron chi connectivity index (χ2n) is 5.73. The summed E-state index contributed by atoms with van der Waals surface area (Å²) in [6, 6.07) is 3.87. The van der Waals surface area contributed by atoms with E-state index in [9.17, 15) is 4.39 Å². The summed E-state index contributed by atoms with van der Waals surface area (Å²) in [6.45, 7) is 11.5. The van der Waals surface area contributed by atoms with E-state index < -0.39 is 0 Å². The van der Waals surface area contributed by atoms with Gasteiger partial charge < -0.3 is 5.32 Å². The number of halogens is 1. The molecule has 19 heavy (non-hydrogen) atoms. The van der Waals surface area contributed by atoms with Gasteiger partial charge in [0.1, 0.15) is 5.82 Å². The molecule has 0 saturated carbocycles. The minimum Gasteiger partial charge on any atom is -0.310 e. The van der Waals surface area contributed by atoms with Crippen LogP contribution in [-0.4, -0.2) is 6.54 Å². The van der Waals surface area contributed by atoms with Gasteiger partial charge >= 0.3 is 0 Å². The summed E-state index contributed by atoms with van der Waals surface area (Å²) in [7, 11) is 0. The summed E-state index contributed by atoms with van der Waals surface area (Å²) in [5, 5.41) is 3.51. The van der Waals surface area contributed by atoms with Crippen LogP contribution in [0, 0.1) is 25.6 Å². The van der Waals surface area contributed by atoms with Gasteiger partial charge in [0, 0.05) is 11.6 Å². The Hall–Kier alpha value is -0.890. The van der Waals surface area contributed by atoms with Gasteiger partial charge in [-0.3, -0.25) is 0 Å². The molecule has 2 unspecified atom stereocenters. The van der Waals surface area contributed by atoms with Crippen LogP contribution in [0.2, 0.25) is 0 Å². The molecule has 108 valence electrons. The highest BCUT2D eigenvalue weighted by atomic mass is 19.1. The molecule has 2 heteroatoms. The van der Waals surface area contributed by atoms with Crippen molar-refractivity contribution < 1.29 is 4.39 Å². The van der Waals surface area contributed by atoms with Gasteiger partial charge in [-0.2, -0.15) is 0 Å². The molecule has 0 amide bonds. The number of hydrogen-bond donors (Lipinski definition) is 1. The lowest BCUT2D eigenvalue weighted by atomic mass is 9.90. The number of nitrogens with one attached hydrogen (secondary N) is 1. The van der Waals surface area contributed by atoms with Gasteiger partial charge in [0.15, 0.2) is 0 Å². The molecular weight excluding hydrogens is 237 g/mol. The van der Waals surface area contributed by atoms with Crippen LogP contribution in [-0.2, 0) is 0 Å². The highest BCUT2D eigenvalue weighted by molar-refractivity contribution is 5.34. The first-order valence-electron chi connectivity index (χ1n) is 7.49. The molecule has 0 spiro atoms. The fourth-order valence-electron chi connectivity index (χ4n) is 2.56. The van der Waals surface area contributed by atoms with E-state index in [1.54, 1.807) is 6.07 Å². The van der Waals surface area contributed by atoms with Crippen LogP contribution in [0.4, 0.5) is 4.39 Å². The first kappa shape index (κ1) is 16.2. The van der Waals surface area contributed by atoms with Gasteiger partial charge in [0.05, 0.1) is 0 Å². The maximum absolute atomic E-state index is 14.3. The van der Waals surface area contributed by atoms with Gasteiger partial charge in [-0.1, -0.05) is 33.3 Å². The smallest absolute Gasteiger partial charge is 0.128 e. The monoisotopic (exact) mass is 265 g/mol. The molecule has 0 fully saturated rings. The van der Waals surface area contributed by atoms with E-state index in [1.807, 2.05) is 13.8 Å². The highest BCUT2D eigenvalue weighted by Crippen LogP contribution is 2.28. The van der Waals surface area contributed by atoms with E-state index in [4.69, 9.17) is 0 Å². The minimum atomic E-state index is -0.0607. The van der Waals surface area contributed by atoms with Crippen molar-refractivity contribution in [1.29, 1.82) is 0 Å². The standard InChI is InChI=1S/C17H28FN/c1-6-8-19-16(11-12(3)7-2)17-14(5)9-13(4)10-15(17)18/h9-10,12,16,19H,6-8,11H2,1-5H3. The van der Waals surface area contributed by atoms with Gasteiger partial charge in [0.2, 0.25) is 0 Å². The zero-order valence-corrected chi connectivity index (χ0v) is 13.0. The molecular formula is C17H28FN. The lowest BCUT2D eigenvalue weighted by Crippen LogP contribution is -2.25.